The van der Waals surface area contributed by atoms with Crippen molar-refractivity contribution in [3.63, 3.8) is 0 Å². The van der Waals surface area contributed by atoms with E-state index in [0.717, 1.165) is 5.69 Å². The number of nitrogens with zero attached hydrogens (tertiary/aromatic N) is 1. The van der Waals surface area contributed by atoms with E-state index in [1.807, 2.05) is 5.38 Å². The van der Waals surface area contributed by atoms with Gasteiger partial charge in [-0.2, -0.15) is 0 Å². The zero-order chi connectivity index (χ0) is 22.7. The quantitative estimate of drug-likeness (QED) is 0.474. The fourth-order valence-electron chi connectivity index (χ4n) is 3.25. The molecule has 4 rings (SSSR count). The smallest absolute Gasteiger partial charge is 0.322 e. The molecule has 3 aromatic rings. The number of nitrogens with one attached hydrogen (secondary N) is 3. The van der Waals surface area contributed by atoms with Gasteiger partial charge in [0.05, 0.1) is 18.3 Å². The number of hydrogen-bond acceptors (Lipinski definition) is 7. The Kier molecular flexibility index (Phi) is 5.78. The lowest BCUT2D eigenvalue weighted by Gasteiger charge is -2.21. The Morgan fingerprint density at radius 3 is 2.72 bits per heavy atom. The van der Waals surface area contributed by atoms with Crippen LogP contribution in [0.3, 0.4) is 0 Å². The van der Waals surface area contributed by atoms with Gasteiger partial charge in [-0.05, 0) is 42.8 Å². The second kappa shape index (κ2) is 8.67. The first-order valence-corrected chi connectivity index (χ1v) is 10.6. The molecule has 1 unspecified atom stereocenters. The van der Waals surface area contributed by atoms with Crippen LogP contribution >= 0.6 is 11.3 Å². The largest absolute Gasteiger partial charge is 0.493 e. The van der Waals surface area contributed by atoms with E-state index in [1.54, 1.807) is 54.9 Å². The molecule has 32 heavy (non-hydrogen) atoms. The predicted octanol–water partition coefficient (Wildman–Crippen LogP) is 3.04. The molecule has 164 valence electrons. The van der Waals surface area contributed by atoms with Gasteiger partial charge in [0.15, 0.2) is 11.5 Å². The summed E-state index contributed by atoms with van der Waals surface area (Å²) in [6, 6.07) is 11.1. The van der Waals surface area contributed by atoms with Crippen LogP contribution in [0.2, 0.25) is 0 Å². The van der Waals surface area contributed by atoms with E-state index in [2.05, 4.69) is 20.9 Å². The van der Waals surface area contributed by atoms with Crippen LogP contribution in [0, 0.1) is 0 Å². The zero-order valence-electron chi connectivity index (χ0n) is 17.3. The van der Waals surface area contributed by atoms with E-state index in [9.17, 15) is 14.4 Å². The van der Waals surface area contributed by atoms with Gasteiger partial charge in [-0.1, -0.05) is 12.1 Å². The fourth-order valence-corrected chi connectivity index (χ4v) is 3.79. The minimum Gasteiger partial charge on any atom is -0.493 e. The molecule has 1 atom stereocenters. The van der Waals surface area contributed by atoms with Crippen molar-refractivity contribution in [2.45, 2.75) is 19.1 Å². The highest BCUT2D eigenvalue weighted by Crippen LogP contribution is 2.30. The molecule has 2 aromatic carbocycles. The molecule has 1 aliphatic rings. The molecular formula is C22H20N4O5S. The highest BCUT2D eigenvalue weighted by molar-refractivity contribution is 7.07. The average Bonchev–Trinajstić information content (AvgIpc) is 3.40. The van der Waals surface area contributed by atoms with Crippen molar-refractivity contribution in [1.82, 2.24) is 15.6 Å². The molecule has 0 saturated carbocycles. The van der Waals surface area contributed by atoms with Gasteiger partial charge >= 0.3 is 6.03 Å². The van der Waals surface area contributed by atoms with Gasteiger partial charge < -0.3 is 20.1 Å². The number of carbonyl (C=O) groups excluding carboxylic acids is 3. The van der Waals surface area contributed by atoms with Crippen molar-refractivity contribution in [3.05, 3.63) is 70.2 Å². The number of aromatic nitrogens is 1. The fraction of sp³-hybridized carbons (Fsp3) is 0.182. The van der Waals surface area contributed by atoms with Gasteiger partial charge in [0.25, 0.3) is 11.8 Å². The molecule has 1 aliphatic heterocycles. The van der Waals surface area contributed by atoms with Gasteiger partial charge in [-0.3, -0.25) is 14.9 Å². The first-order chi connectivity index (χ1) is 15.4. The molecule has 10 heteroatoms. The minimum absolute atomic E-state index is 0.293. The highest BCUT2D eigenvalue weighted by Gasteiger charge is 2.43. The number of rotatable bonds is 7. The number of methoxy groups -OCH3 is 1. The van der Waals surface area contributed by atoms with E-state index in [-0.39, 0.29) is 5.91 Å². The number of ether oxygens (including phenoxy) is 2. The summed E-state index contributed by atoms with van der Waals surface area (Å²) in [5.74, 6) is 0.0926. The second-order valence-corrected chi connectivity index (χ2v) is 7.92. The Labute approximate surface area is 187 Å². The molecule has 1 aromatic heterocycles. The van der Waals surface area contributed by atoms with Crippen molar-refractivity contribution in [2.24, 2.45) is 0 Å². The minimum atomic E-state index is -1.21. The first-order valence-electron chi connectivity index (χ1n) is 9.62. The molecule has 1 saturated heterocycles. The summed E-state index contributed by atoms with van der Waals surface area (Å²) in [4.78, 5) is 40.7. The highest BCUT2D eigenvalue weighted by atomic mass is 32.1. The van der Waals surface area contributed by atoms with Crippen molar-refractivity contribution in [1.29, 1.82) is 0 Å². The normalized spacial score (nSPS) is 17.4. The first kappa shape index (κ1) is 21.3. The van der Waals surface area contributed by atoms with Gasteiger partial charge in [0, 0.05) is 16.6 Å². The number of carbonyl (C=O) groups is 3. The summed E-state index contributed by atoms with van der Waals surface area (Å²) < 4.78 is 11.1. The molecule has 0 bridgehead atoms. The van der Waals surface area contributed by atoms with Crippen LogP contribution in [0.5, 0.6) is 11.5 Å². The van der Waals surface area contributed by atoms with Crippen LogP contribution in [-0.2, 0) is 16.9 Å². The predicted molar refractivity (Wildman–Crippen MR) is 118 cm³/mol. The molecule has 3 N–H and O–H groups in total. The lowest BCUT2D eigenvalue weighted by Crippen LogP contribution is -2.40. The molecule has 0 aliphatic carbocycles. The standard InChI is InChI=1S/C22H20N4O5S/c1-22(20(28)25-21(29)26-22)14-4-3-5-15(9-14)24-19(27)13-6-7-17(18(8-13)30-2)31-10-16-11-32-12-23-16/h3-9,11-12H,10H2,1-2H3,(H,24,27)(H2,25,26,28,29). The van der Waals surface area contributed by atoms with Crippen LogP contribution in [0.4, 0.5) is 10.5 Å². The topological polar surface area (TPSA) is 119 Å². The second-order valence-electron chi connectivity index (χ2n) is 7.20. The number of imide groups is 1. The number of urea groups is 1. The summed E-state index contributed by atoms with van der Waals surface area (Å²) in [6.45, 7) is 1.89. The summed E-state index contributed by atoms with van der Waals surface area (Å²) >= 11 is 1.48. The van der Waals surface area contributed by atoms with Crippen LogP contribution < -0.4 is 25.4 Å². The number of anilines is 1. The molecule has 0 radical (unpaired) electrons. The van der Waals surface area contributed by atoms with Crippen molar-refractivity contribution in [3.8, 4) is 11.5 Å². The van der Waals surface area contributed by atoms with Crippen molar-refractivity contribution >= 4 is 34.9 Å². The lowest BCUT2D eigenvalue weighted by atomic mass is 9.92. The zero-order valence-corrected chi connectivity index (χ0v) is 18.1. The summed E-state index contributed by atoms with van der Waals surface area (Å²) in [5.41, 5.74) is 2.71. The molecule has 4 amide bonds. The molecule has 2 heterocycles. The van der Waals surface area contributed by atoms with Gasteiger partial charge in [0.1, 0.15) is 12.1 Å². The Morgan fingerprint density at radius 1 is 1.19 bits per heavy atom. The Morgan fingerprint density at radius 2 is 2.03 bits per heavy atom. The van der Waals surface area contributed by atoms with Gasteiger partial charge in [-0.25, -0.2) is 9.78 Å². The number of benzene rings is 2. The molecule has 9 nitrogen and oxygen atoms in total. The Hall–Kier alpha value is -3.92. The summed E-state index contributed by atoms with van der Waals surface area (Å²) in [5, 5.41) is 9.52. The SMILES string of the molecule is COc1cc(C(=O)Nc2cccc(C3(C)NC(=O)NC3=O)c2)ccc1OCc1cscn1. The van der Waals surface area contributed by atoms with E-state index in [1.165, 1.54) is 18.4 Å². The monoisotopic (exact) mass is 452 g/mol. The van der Waals surface area contributed by atoms with E-state index >= 15 is 0 Å². The Balaban J connectivity index is 1.49. The third kappa shape index (κ3) is 4.26. The van der Waals surface area contributed by atoms with E-state index in [4.69, 9.17) is 9.47 Å². The van der Waals surface area contributed by atoms with Crippen molar-refractivity contribution in [2.75, 3.05) is 12.4 Å². The van der Waals surface area contributed by atoms with Crippen LogP contribution in [-0.4, -0.2) is 29.9 Å². The molecule has 1 fully saturated rings. The molecular weight excluding hydrogens is 432 g/mol. The van der Waals surface area contributed by atoms with Crippen LogP contribution in [0.25, 0.3) is 0 Å². The molecule has 0 spiro atoms. The van der Waals surface area contributed by atoms with E-state index in [0.29, 0.717) is 34.9 Å². The van der Waals surface area contributed by atoms with Gasteiger partial charge in [0.2, 0.25) is 0 Å². The third-order valence-electron chi connectivity index (χ3n) is 5.03. The number of amides is 4. The van der Waals surface area contributed by atoms with Crippen LogP contribution in [0.1, 0.15) is 28.5 Å². The maximum Gasteiger partial charge on any atom is 0.322 e. The number of thiazole rings is 1. The summed E-state index contributed by atoms with van der Waals surface area (Å²) in [6.07, 6.45) is 0. The third-order valence-corrected chi connectivity index (χ3v) is 5.66. The van der Waals surface area contributed by atoms with Gasteiger partial charge in [-0.15, -0.1) is 11.3 Å². The lowest BCUT2D eigenvalue weighted by molar-refractivity contribution is -0.123. The summed E-state index contributed by atoms with van der Waals surface area (Å²) in [7, 11) is 1.50. The van der Waals surface area contributed by atoms with E-state index < -0.39 is 17.5 Å². The van der Waals surface area contributed by atoms with Crippen LogP contribution in [0.15, 0.2) is 53.4 Å². The van der Waals surface area contributed by atoms with Crippen molar-refractivity contribution < 1.29 is 23.9 Å². The number of hydrogen-bond donors (Lipinski definition) is 3. The average molecular weight is 452 g/mol. The maximum absolute atomic E-state index is 12.8. The Bertz CT molecular complexity index is 1180. The maximum atomic E-state index is 12.8.